The molecule has 0 rings (SSSR count). The average Bonchev–Trinajstić information content (AvgIpc) is 3.12. The van der Waals surface area contributed by atoms with Crippen LogP contribution in [0.25, 0.3) is 0 Å². The van der Waals surface area contributed by atoms with E-state index in [-0.39, 0.29) is 25.2 Å². The number of unbranched alkanes of at least 4 members (excludes halogenated alkanes) is 32. The van der Waals surface area contributed by atoms with Gasteiger partial charge in [0.2, 0.25) is 0 Å². The maximum atomic E-state index is 12.2. The van der Waals surface area contributed by atoms with E-state index in [4.69, 9.17) is 9.47 Å². The highest BCUT2D eigenvalue weighted by Crippen LogP contribution is 2.17. The molecule has 0 amide bonds. The summed E-state index contributed by atoms with van der Waals surface area (Å²) in [7, 11) is 0. The van der Waals surface area contributed by atoms with Crippen molar-refractivity contribution in [3.8, 4) is 0 Å². The third kappa shape index (κ3) is 41.5. The second-order valence-electron chi connectivity index (χ2n) is 16.3. The Bertz CT molecular complexity index is 708. The summed E-state index contributed by atoms with van der Waals surface area (Å²) in [4.78, 5) is 24.4. The molecule has 51 heavy (non-hydrogen) atoms. The summed E-state index contributed by atoms with van der Waals surface area (Å²) < 4.78 is 10.7. The molecule has 0 radical (unpaired) electrons. The molecular formula is C46H90O5. The van der Waals surface area contributed by atoms with Gasteiger partial charge in [-0.1, -0.05) is 233 Å². The van der Waals surface area contributed by atoms with Crippen molar-refractivity contribution < 1.29 is 24.2 Å². The van der Waals surface area contributed by atoms with Crippen LogP contribution in [0, 0.1) is 5.92 Å². The summed E-state index contributed by atoms with van der Waals surface area (Å²) in [6.45, 7) is 6.55. The first kappa shape index (κ1) is 49.9. The van der Waals surface area contributed by atoms with Crippen LogP contribution < -0.4 is 0 Å². The number of carbonyl (C=O) groups excluding carboxylic acids is 2. The third-order valence-electron chi connectivity index (χ3n) is 10.6. The molecule has 0 aliphatic carbocycles. The number of hydrogen-bond acceptors (Lipinski definition) is 5. The molecule has 5 nitrogen and oxygen atoms in total. The summed E-state index contributed by atoms with van der Waals surface area (Å²) >= 11 is 0. The van der Waals surface area contributed by atoms with Gasteiger partial charge in [-0.3, -0.25) is 9.59 Å². The molecule has 304 valence electrons. The summed E-state index contributed by atoms with van der Waals surface area (Å²) in [5.41, 5.74) is 0. The van der Waals surface area contributed by atoms with Crippen LogP contribution in [0.15, 0.2) is 0 Å². The van der Waals surface area contributed by atoms with Gasteiger partial charge in [-0.05, 0) is 18.8 Å². The minimum absolute atomic E-state index is 0.0569. The van der Waals surface area contributed by atoms with Crippen LogP contribution in [0.3, 0.4) is 0 Å². The first-order chi connectivity index (χ1) is 25.0. The molecule has 5 heteroatoms. The van der Waals surface area contributed by atoms with Crippen molar-refractivity contribution in [2.45, 2.75) is 264 Å². The third-order valence-corrected chi connectivity index (χ3v) is 10.6. The molecule has 0 saturated carbocycles. The number of aliphatic hydroxyl groups excluding tert-OH is 1. The van der Waals surface area contributed by atoms with Crippen molar-refractivity contribution in [1.82, 2.24) is 0 Å². The monoisotopic (exact) mass is 723 g/mol. The number of carbonyl (C=O) groups is 2. The van der Waals surface area contributed by atoms with E-state index in [2.05, 4.69) is 20.8 Å². The first-order valence-electron chi connectivity index (χ1n) is 23.0. The predicted octanol–water partition coefficient (Wildman–Crippen LogP) is 14.5. The molecule has 1 atom stereocenters. The van der Waals surface area contributed by atoms with Gasteiger partial charge in [0.05, 0.1) is 6.61 Å². The van der Waals surface area contributed by atoms with Gasteiger partial charge in [0.15, 0.2) is 6.10 Å². The number of ether oxygens (including phenoxy) is 2. The predicted molar refractivity (Wildman–Crippen MR) is 219 cm³/mol. The summed E-state index contributed by atoms with van der Waals surface area (Å²) in [5, 5.41) is 9.59. The molecule has 0 aliphatic rings. The molecule has 0 heterocycles. The number of rotatable bonds is 42. The Balaban J connectivity index is 3.45. The number of esters is 2. The quantitative estimate of drug-likeness (QED) is 0.0501. The zero-order valence-corrected chi connectivity index (χ0v) is 34.8. The Morgan fingerprint density at radius 1 is 0.431 bits per heavy atom. The molecule has 0 bridgehead atoms. The Morgan fingerprint density at radius 2 is 0.725 bits per heavy atom. The van der Waals surface area contributed by atoms with E-state index in [9.17, 15) is 14.7 Å². The van der Waals surface area contributed by atoms with Crippen molar-refractivity contribution in [1.29, 1.82) is 0 Å². The molecule has 0 aromatic rings. The molecule has 1 N–H and O–H groups in total. The molecule has 0 unspecified atom stereocenters. The van der Waals surface area contributed by atoms with E-state index < -0.39 is 6.10 Å². The van der Waals surface area contributed by atoms with Gasteiger partial charge in [-0.2, -0.15) is 0 Å². The maximum Gasteiger partial charge on any atom is 0.306 e. The van der Waals surface area contributed by atoms with Crippen LogP contribution >= 0.6 is 0 Å². The van der Waals surface area contributed by atoms with Crippen LogP contribution in [0.1, 0.15) is 258 Å². The molecular weight excluding hydrogens is 633 g/mol. The highest BCUT2D eigenvalue weighted by atomic mass is 16.6. The second-order valence-corrected chi connectivity index (χ2v) is 16.3. The molecule has 0 aliphatic heterocycles. The minimum Gasteiger partial charge on any atom is -0.462 e. The minimum atomic E-state index is -0.763. The molecule has 0 spiro atoms. The van der Waals surface area contributed by atoms with Gasteiger partial charge in [-0.25, -0.2) is 0 Å². The van der Waals surface area contributed by atoms with E-state index in [0.717, 1.165) is 38.0 Å². The van der Waals surface area contributed by atoms with E-state index in [0.29, 0.717) is 12.8 Å². The van der Waals surface area contributed by atoms with E-state index in [1.807, 2.05) is 0 Å². The largest absolute Gasteiger partial charge is 0.462 e. The van der Waals surface area contributed by atoms with Crippen molar-refractivity contribution in [2.75, 3.05) is 13.2 Å². The van der Waals surface area contributed by atoms with Crippen LogP contribution in [0.4, 0.5) is 0 Å². The topological polar surface area (TPSA) is 72.8 Å². The normalized spacial score (nSPS) is 12.1. The van der Waals surface area contributed by atoms with Crippen molar-refractivity contribution in [2.24, 2.45) is 5.92 Å². The van der Waals surface area contributed by atoms with Gasteiger partial charge in [-0.15, -0.1) is 0 Å². The van der Waals surface area contributed by atoms with Crippen LogP contribution in [0.2, 0.25) is 0 Å². The summed E-state index contributed by atoms with van der Waals surface area (Å²) in [6, 6.07) is 0. The van der Waals surface area contributed by atoms with Gasteiger partial charge < -0.3 is 14.6 Å². The fourth-order valence-electron chi connectivity index (χ4n) is 7.09. The molecule has 0 fully saturated rings. The molecule has 0 saturated heterocycles. The zero-order valence-electron chi connectivity index (χ0n) is 34.8. The summed E-state index contributed by atoms with van der Waals surface area (Å²) in [5.74, 6) is 0.288. The molecule has 0 aromatic carbocycles. The maximum absolute atomic E-state index is 12.2. The Labute approximate surface area is 319 Å². The van der Waals surface area contributed by atoms with Gasteiger partial charge in [0, 0.05) is 12.8 Å². The van der Waals surface area contributed by atoms with Crippen LogP contribution in [-0.2, 0) is 19.1 Å². The van der Waals surface area contributed by atoms with E-state index >= 15 is 0 Å². The lowest BCUT2D eigenvalue weighted by molar-refractivity contribution is -0.161. The fraction of sp³-hybridized carbons (Fsp3) is 0.957. The lowest BCUT2D eigenvalue weighted by Gasteiger charge is -2.15. The Kier molecular flexibility index (Phi) is 40.8. The Hall–Kier alpha value is -1.10. The number of aliphatic hydroxyl groups is 1. The summed E-state index contributed by atoms with van der Waals surface area (Å²) in [6.07, 6.45) is 46.1. The number of hydrogen-bond donors (Lipinski definition) is 1. The lowest BCUT2D eigenvalue weighted by Crippen LogP contribution is -2.28. The van der Waals surface area contributed by atoms with Crippen molar-refractivity contribution in [3.05, 3.63) is 0 Å². The lowest BCUT2D eigenvalue weighted by atomic mass is 10.0. The fourth-order valence-corrected chi connectivity index (χ4v) is 7.09. The van der Waals surface area contributed by atoms with Crippen LogP contribution in [0.5, 0.6) is 0 Å². The highest BCUT2D eigenvalue weighted by molar-refractivity contribution is 5.70. The Morgan fingerprint density at radius 3 is 1.04 bits per heavy atom. The zero-order chi connectivity index (χ0) is 37.3. The SMILES string of the molecule is CCCCCCCCCCCCCCCCCCCCC(=O)O[C@@H](CO)COC(=O)CCCCCCCCCCCCCCCCCCC(C)C. The van der Waals surface area contributed by atoms with E-state index in [1.165, 1.54) is 193 Å². The second kappa shape index (κ2) is 41.7. The van der Waals surface area contributed by atoms with Gasteiger partial charge in [0.25, 0.3) is 0 Å². The van der Waals surface area contributed by atoms with Gasteiger partial charge in [0.1, 0.15) is 6.61 Å². The van der Waals surface area contributed by atoms with Gasteiger partial charge >= 0.3 is 11.9 Å². The smallest absolute Gasteiger partial charge is 0.306 e. The van der Waals surface area contributed by atoms with Crippen molar-refractivity contribution >= 4 is 11.9 Å². The standard InChI is InChI=1S/C46H90O5/c1-4-5-6-7-8-9-10-11-12-13-14-19-22-25-28-31-34-37-40-46(49)51-44(41-47)42-50-45(48)39-36-33-30-27-24-21-18-16-15-17-20-23-26-29-32-35-38-43(2)3/h43-44,47H,4-42H2,1-3H3/t44-/m0/s1. The van der Waals surface area contributed by atoms with Crippen LogP contribution in [-0.4, -0.2) is 36.4 Å². The molecule has 0 aromatic heterocycles. The highest BCUT2D eigenvalue weighted by Gasteiger charge is 2.16. The van der Waals surface area contributed by atoms with E-state index in [1.54, 1.807) is 0 Å². The van der Waals surface area contributed by atoms with Crippen molar-refractivity contribution in [3.63, 3.8) is 0 Å². The average molecular weight is 723 g/mol. The first-order valence-corrected chi connectivity index (χ1v) is 23.0.